The van der Waals surface area contributed by atoms with Gasteiger partial charge in [0.15, 0.2) is 5.82 Å². The van der Waals surface area contributed by atoms with Crippen LogP contribution >= 0.6 is 0 Å². The van der Waals surface area contributed by atoms with Gasteiger partial charge in [-0.05, 0) is 30.5 Å². The van der Waals surface area contributed by atoms with Gasteiger partial charge in [-0.25, -0.2) is 4.39 Å². The van der Waals surface area contributed by atoms with Crippen LogP contribution in [0.3, 0.4) is 0 Å². The Labute approximate surface area is 121 Å². The molecule has 0 aliphatic carbocycles. The fourth-order valence-electron chi connectivity index (χ4n) is 2.69. The molecule has 7 heteroatoms. The number of rotatable bonds is 3. The van der Waals surface area contributed by atoms with Gasteiger partial charge in [0.05, 0.1) is 6.42 Å². The molecule has 3 rings (SSSR count). The number of likely N-dealkylation sites (tertiary alicyclic amines) is 1. The Morgan fingerprint density at radius 2 is 2.38 bits per heavy atom. The Morgan fingerprint density at radius 3 is 3.14 bits per heavy atom. The van der Waals surface area contributed by atoms with E-state index in [0.717, 1.165) is 19.4 Å². The highest BCUT2D eigenvalue weighted by Crippen LogP contribution is 2.24. The molecule has 1 aromatic carbocycles. The minimum atomic E-state index is -0.316. The van der Waals surface area contributed by atoms with E-state index in [-0.39, 0.29) is 24.1 Å². The number of amides is 1. The zero-order valence-electron chi connectivity index (χ0n) is 11.5. The SMILES string of the molecule is O=C(Cc1cccc(F)c1)N1CCCC(c2nn[nH]n2)C1. The van der Waals surface area contributed by atoms with Gasteiger partial charge in [0.2, 0.25) is 5.91 Å². The van der Waals surface area contributed by atoms with Gasteiger partial charge in [-0.15, -0.1) is 10.2 Å². The van der Waals surface area contributed by atoms with Crippen LogP contribution in [0.15, 0.2) is 24.3 Å². The molecule has 1 unspecified atom stereocenters. The molecular formula is C14H16FN5O. The van der Waals surface area contributed by atoms with Gasteiger partial charge in [-0.2, -0.15) is 5.21 Å². The molecular weight excluding hydrogens is 273 g/mol. The van der Waals surface area contributed by atoms with Crippen LogP contribution in [0.5, 0.6) is 0 Å². The van der Waals surface area contributed by atoms with Crippen molar-refractivity contribution in [2.75, 3.05) is 13.1 Å². The number of carbonyl (C=O) groups is 1. The Balaban J connectivity index is 1.64. The van der Waals surface area contributed by atoms with Gasteiger partial charge in [-0.3, -0.25) is 4.79 Å². The molecule has 1 aliphatic heterocycles. The van der Waals surface area contributed by atoms with Crippen molar-refractivity contribution in [3.63, 3.8) is 0 Å². The molecule has 21 heavy (non-hydrogen) atoms. The summed E-state index contributed by atoms with van der Waals surface area (Å²) >= 11 is 0. The largest absolute Gasteiger partial charge is 0.342 e. The molecule has 0 saturated carbocycles. The Morgan fingerprint density at radius 1 is 1.48 bits per heavy atom. The number of nitrogens with one attached hydrogen (secondary N) is 1. The fraction of sp³-hybridized carbons (Fsp3) is 0.429. The number of carbonyl (C=O) groups excluding carboxylic acids is 1. The van der Waals surface area contributed by atoms with Gasteiger partial charge < -0.3 is 4.90 Å². The number of halogens is 1. The van der Waals surface area contributed by atoms with Crippen LogP contribution in [-0.2, 0) is 11.2 Å². The molecule has 1 saturated heterocycles. The van der Waals surface area contributed by atoms with Gasteiger partial charge >= 0.3 is 0 Å². The molecule has 1 atom stereocenters. The quantitative estimate of drug-likeness (QED) is 0.924. The number of benzene rings is 1. The third-order valence-electron chi connectivity index (χ3n) is 3.75. The number of piperidine rings is 1. The van der Waals surface area contributed by atoms with E-state index in [1.807, 2.05) is 0 Å². The molecule has 110 valence electrons. The molecule has 6 nitrogen and oxygen atoms in total. The third-order valence-corrected chi connectivity index (χ3v) is 3.75. The van der Waals surface area contributed by atoms with Crippen LogP contribution in [0.25, 0.3) is 0 Å². The molecule has 1 aliphatic rings. The highest BCUT2D eigenvalue weighted by molar-refractivity contribution is 5.78. The summed E-state index contributed by atoms with van der Waals surface area (Å²) in [4.78, 5) is 14.1. The van der Waals surface area contributed by atoms with Crippen molar-refractivity contribution in [1.82, 2.24) is 25.5 Å². The zero-order valence-corrected chi connectivity index (χ0v) is 11.5. The lowest BCUT2D eigenvalue weighted by atomic mass is 9.97. The molecule has 2 aromatic rings. The summed E-state index contributed by atoms with van der Waals surface area (Å²) in [6.45, 7) is 1.32. The maximum atomic E-state index is 13.2. The normalized spacial score (nSPS) is 18.7. The molecule has 0 bridgehead atoms. The van der Waals surface area contributed by atoms with Gasteiger partial charge in [0.1, 0.15) is 5.82 Å². The Hall–Kier alpha value is -2.31. The number of H-pyrrole nitrogens is 1. The van der Waals surface area contributed by atoms with Crippen LogP contribution in [0, 0.1) is 5.82 Å². The number of hydrogen-bond acceptors (Lipinski definition) is 4. The van der Waals surface area contributed by atoms with E-state index in [0.29, 0.717) is 17.9 Å². The van der Waals surface area contributed by atoms with Crippen molar-refractivity contribution in [3.05, 3.63) is 41.5 Å². The van der Waals surface area contributed by atoms with Crippen molar-refractivity contribution >= 4 is 5.91 Å². The standard InChI is InChI=1S/C14H16FN5O/c15-12-5-1-3-10(7-12)8-13(21)20-6-2-4-11(9-20)14-16-18-19-17-14/h1,3,5,7,11H,2,4,6,8-9H2,(H,16,17,18,19). The molecule has 2 heterocycles. The lowest BCUT2D eigenvalue weighted by Gasteiger charge is -2.31. The second-order valence-electron chi connectivity index (χ2n) is 5.26. The number of tetrazole rings is 1. The minimum absolute atomic E-state index is 0.00814. The van der Waals surface area contributed by atoms with Crippen molar-refractivity contribution in [3.8, 4) is 0 Å². The summed E-state index contributed by atoms with van der Waals surface area (Å²) in [5, 5.41) is 14.0. The van der Waals surface area contributed by atoms with Crippen LogP contribution < -0.4 is 0 Å². The summed E-state index contributed by atoms with van der Waals surface area (Å²) < 4.78 is 13.2. The highest BCUT2D eigenvalue weighted by Gasteiger charge is 2.27. The highest BCUT2D eigenvalue weighted by atomic mass is 19.1. The van der Waals surface area contributed by atoms with E-state index < -0.39 is 0 Å². The molecule has 1 aromatic heterocycles. The second kappa shape index (κ2) is 5.99. The van der Waals surface area contributed by atoms with Crippen LogP contribution in [-0.4, -0.2) is 44.5 Å². The fourth-order valence-corrected chi connectivity index (χ4v) is 2.69. The van der Waals surface area contributed by atoms with Crippen LogP contribution in [0.4, 0.5) is 4.39 Å². The zero-order chi connectivity index (χ0) is 14.7. The first-order valence-electron chi connectivity index (χ1n) is 6.98. The van der Waals surface area contributed by atoms with Crippen LogP contribution in [0.1, 0.15) is 30.1 Å². The smallest absolute Gasteiger partial charge is 0.227 e. The van der Waals surface area contributed by atoms with Crippen molar-refractivity contribution < 1.29 is 9.18 Å². The maximum absolute atomic E-state index is 13.2. The first-order valence-corrected chi connectivity index (χ1v) is 6.98. The number of aromatic nitrogens is 4. The van der Waals surface area contributed by atoms with E-state index in [1.165, 1.54) is 12.1 Å². The van der Waals surface area contributed by atoms with Gasteiger partial charge in [0, 0.05) is 19.0 Å². The van der Waals surface area contributed by atoms with E-state index in [4.69, 9.17) is 0 Å². The van der Waals surface area contributed by atoms with E-state index in [2.05, 4.69) is 20.6 Å². The van der Waals surface area contributed by atoms with Gasteiger partial charge in [-0.1, -0.05) is 17.3 Å². The monoisotopic (exact) mass is 289 g/mol. The minimum Gasteiger partial charge on any atom is -0.342 e. The lowest BCUT2D eigenvalue weighted by molar-refractivity contribution is -0.131. The Bertz CT molecular complexity index is 616. The maximum Gasteiger partial charge on any atom is 0.227 e. The Kier molecular flexibility index (Phi) is 3.89. The topological polar surface area (TPSA) is 74.8 Å². The van der Waals surface area contributed by atoms with Crippen LogP contribution in [0.2, 0.25) is 0 Å². The molecule has 0 spiro atoms. The summed E-state index contributed by atoms with van der Waals surface area (Å²) in [7, 11) is 0. The average molecular weight is 289 g/mol. The predicted molar refractivity (Wildman–Crippen MR) is 72.8 cm³/mol. The predicted octanol–water partition coefficient (Wildman–Crippen LogP) is 1.29. The van der Waals surface area contributed by atoms with E-state index >= 15 is 0 Å². The number of nitrogens with zero attached hydrogens (tertiary/aromatic N) is 4. The summed E-state index contributed by atoms with van der Waals surface area (Å²) in [5.74, 6) is 0.463. The van der Waals surface area contributed by atoms with E-state index in [1.54, 1.807) is 17.0 Å². The average Bonchev–Trinajstić information content (AvgIpc) is 3.02. The van der Waals surface area contributed by atoms with Crippen molar-refractivity contribution in [1.29, 1.82) is 0 Å². The molecule has 1 N–H and O–H groups in total. The van der Waals surface area contributed by atoms with Gasteiger partial charge in [0.25, 0.3) is 0 Å². The number of aromatic amines is 1. The summed E-state index contributed by atoms with van der Waals surface area (Å²) in [6.07, 6.45) is 2.08. The summed E-state index contributed by atoms with van der Waals surface area (Å²) in [6, 6.07) is 6.16. The van der Waals surface area contributed by atoms with Crippen molar-refractivity contribution in [2.24, 2.45) is 0 Å². The first kappa shape index (κ1) is 13.7. The number of hydrogen-bond donors (Lipinski definition) is 1. The summed E-state index contributed by atoms with van der Waals surface area (Å²) in [5.41, 5.74) is 0.696. The third kappa shape index (κ3) is 3.24. The first-order chi connectivity index (χ1) is 10.2. The van der Waals surface area contributed by atoms with Crippen molar-refractivity contribution in [2.45, 2.75) is 25.2 Å². The lowest BCUT2D eigenvalue weighted by Crippen LogP contribution is -2.40. The molecule has 0 radical (unpaired) electrons. The molecule has 1 fully saturated rings. The second-order valence-corrected chi connectivity index (χ2v) is 5.26. The van der Waals surface area contributed by atoms with E-state index in [9.17, 15) is 9.18 Å². The molecule has 1 amide bonds.